The van der Waals surface area contributed by atoms with Gasteiger partial charge in [-0.3, -0.25) is 20.3 Å². The van der Waals surface area contributed by atoms with Gasteiger partial charge in [-0.15, -0.1) is 0 Å². The van der Waals surface area contributed by atoms with E-state index >= 15 is 0 Å². The molecule has 2 fully saturated rings. The predicted molar refractivity (Wildman–Crippen MR) is 90.9 cm³/mol. The molecule has 3 rings (SSSR count). The number of nitro benzene ring substituents is 1. The zero-order chi connectivity index (χ0) is 19.9. The summed E-state index contributed by atoms with van der Waals surface area (Å²) in [5.74, 6) is -0.642. The molecule has 12 heteroatoms. The van der Waals surface area contributed by atoms with Gasteiger partial charge in [-0.1, -0.05) is 11.6 Å². The van der Waals surface area contributed by atoms with Crippen LogP contribution >= 0.6 is 11.6 Å². The standard InChI is InChI=1S/C15H17ClF3N5O3/c16-9-5-11(12(24(26)27)4-8(9)15(17,18)19)21-6-1-2-10-7(3-6)13(14(20)25)23-22-10/h4-7,10,13,21-23H,1-3H2,(H2,20,25). The molecule has 1 aromatic rings. The fourth-order valence-electron chi connectivity index (χ4n) is 3.74. The lowest BCUT2D eigenvalue weighted by Crippen LogP contribution is -2.44. The molecule has 5 N–H and O–H groups in total. The zero-order valence-electron chi connectivity index (χ0n) is 13.8. The molecule has 0 spiro atoms. The maximum atomic E-state index is 13.0. The second kappa shape index (κ2) is 7.13. The van der Waals surface area contributed by atoms with Crippen LogP contribution in [0.15, 0.2) is 12.1 Å². The topological polar surface area (TPSA) is 122 Å². The lowest BCUT2D eigenvalue weighted by atomic mass is 9.79. The van der Waals surface area contributed by atoms with Crippen LogP contribution in [0.1, 0.15) is 24.8 Å². The Morgan fingerprint density at radius 2 is 2.04 bits per heavy atom. The molecule has 1 saturated carbocycles. The summed E-state index contributed by atoms with van der Waals surface area (Å²) in [7, 11) is 0. The maximum absolute atomic E-state index is 13.0. The van der Waals surface area contributed by atoms with Crippen molar-refractivity contribution in [2.24, 2.45) is 11.7 Å². The Kier molecular flexibility index (Phi) is 5.19. The first-order valence-corrected chi connectivity index (χ1v) is 8.57. The van der Waals surface area contributed by atoms with E-state index in [0.717, 1.165) is 6.07 Å². The molecule has 8 nitrogen and oxygen atoms in total. The third-order valence-corrected chi connectivity index (χ3v) is 5.32. The minimum Gasteiger partial charge on any atom is -0.377 e. The number of nitrogens with one attached hydrogen (secondary N) is 3. The van der Waals surface area contributed by atoms with Crippen molar-refractivity contribution in [2.45, 2.75) is 43.6 Å². The summed E-state index contributed by atoms with van der Waals surface area (Å²) in [6, 6.07) is 0.533. The van der Waals surface area contributed by atoms with E-state index in [-0.39, 0.29) is 23.7 Å². The number of nitrogens with zero attached hydrogens (tertiary/aromatic N) is 1. The highest BCUT2D eigenvalue weighted by Crippen LogP contribution is 2.41. The second-order valence-electron chi connectivity index (χ2n) is 6.70. The van der Waals surface area contributed by atoms with Crippen LogP contribution in [-0.4, -0.2) is 29.0 Å². The number of alkyl halides is 3. The molecule has 2 aliphatic rings. The van der Waals surface area contributed by atoms with Gasteiger partial charge < -0.3 is 11.1 Å². The number of amides is 1. The van der Waals surface area contributed by atoms with Crippen molar-refractivity contribution >= 4 is 28.9 Å². The Hall–Kier alpha value is -2.11. The third kappa shape index (κ3) is 3.94. The number of carbonyl (C=O) groups excluding carboxylic acids is 1. The van der Waals surface area contributed by atoms with Crippen molar-refractivity contribution in [2.75, 3.05) is 5.32 Å². The van der Waals surface area contributed by atoms with Crippen LogP contribution in [0.4, 0.5) is 24.5 Å². The van der Waals surface area contributed by atoms with Crippen molar-refractivity contribution in [1.29, 1.82) is 0 Å². The largest absolute Gasteiger partial charge is 0.418 e. The molecule has 1 amide bonds. The number of hydrogen-bond acceptors (Lipinski definition) is 6. The Labute approximate surface area is 156 Å². The van der Waals surface area contributed by atoms with Gasteiger partial charge in [0.2, 0.25) is 5.91 Å². The van der Waals surface area contributed by atoms with Crippen LogP contribution in [0.3, 0.4) is 0 Å². The van der Waals surface area contributed by atoms with Crippen LogP contribution in [0.25, 0.3) is 0 Å². The van der Waals surface area contributed by atoms with Gasteiger partial charge in [0.15, 0.2) is 0 Å². The Balaban J connectivity index is 1.84. The van der Waals surface area contributed by atoms with Crippen molar-refractivity contribution in [3.63, 3.8) is 0 Å². The smallest absolute Gasteiger partial charge is 0.377 e. The molecule has 27 heavy (non-hydrogen) atoms. The van der Waals surface area contributed by atoms with Crippen molar-refractivity contribution in [1.82, 2.24) is 10.9 Å². The fourth-order valence-corrected chi connectivity index (χ4v) is 4.01. The number of benzene rings is 1. The van der Waals surface area contributed by atoms with Crippen LogP contribution in [0.2, 0.25) is 5.02 Å². The lowest BCUT2D eigenvalue weighted by Gasteiger charge is -2.33. The molecule has 4 atom stereocenters. The Bertz CT molecular complexity index is 776. The summed E-state index contributed by atoms with van der Waals surface area (Å²) in [6.07, 6.45) is -3.05. The van der Waals surface area contributed by atoms with Crippen LogP contribution in [0.5, 0.6) is 0 Å². The highest BCUT2D eigenvalue weighted by Gasteiger charge is 2.43. The summed E-state index contributed by atoms with van der Waals surface area (Å²) in [5, 5.41) is 13.6. The number of nitrogens with two attached hydrogens (primary N) is 1. The molecule has 0 bridgehead atoms. The molecule has 1 heterocycles. The SMILES string of the molecule is NC(=O)C1NNC2CCC(Nc3cc(Cl)c(C(F)(F)F)cc3[N+](=O)[O-])CC21. The van der Waals surface area contributed by atoms with Crippen LogP contribution < -0.4 is 21.9 Å². The molecule has 1 aliphatic heterocycles. The van der Waals surface area contributed by atoms with Gasteiger partial charge >= 0.3 is 6.18 Å². The Morgan fingerprint density at radius 3 is 2.63 bits per heavy atom. The van der Waals surface area contributed by atoms with E-state index in [1.807, 2.05) is 0 Å². The Morgan fingerprint density at radius 1 is 1.33 bits per heavy atom. The minimum absolute atomic E-state index is 0.0340. The zero-order valence-corrected chi connectivity index (χ0v) is 14.6. The van der Waals surface area contributed by atoms with E-state index in [9.17, 15) is 28.1 Å². The van der Waals surface area contributed by atoms with Gasteiger partial charge in [0, 0.05) is 24.1 Å². The average molecular weight is 408 g/mol. The van der Waals surface area contributed by atoms with Gasteiger partial charge in [0.25, 0.3) is 5.69 Å². The summed E-state index contributed by atoms with van der Waals surface area (Å²) in [6.45, 7) is 0. The number of carbonyl (C=O) groups is 1. The van der Waals surface area contributed by atoms with Crippen LogP contribution in [-0.2, 0) is 11.0 Å². The summed E-state index contributed by atoms with van der Waals surface area (Å²) in [5.41, 5.74) is 9.16. The summed E-state index contributed by atoms with van der Waals surface area (Å²) < 4.78 is 38.9. The number of anilines is 1. The quantitative estimate of drug-likeness (QED) is 0.448. The molecule has 4 unspecified atom stereocenters. The van der Waals surface area contributed by atoms with Crippen molar-refractivity contribution in [3.05, 3.63) is 32.8 Å². The number of primary amides is 1. The second-order valence-corrected chi connectivity index (χ2v) is 7.10. The molecule has 1 aromatic carbocycles. The minimum atomic E-state index is -4.80. The van der Waals surface area contributed by atoms with Crippen molar-refractivity contribution in [3.8, 4) is 0 Å². The van der Waals surface area contributed by atoms with E-state index in [2.05, 4.69) is 16.2 Å². The van der Waals surface area contributed by atoms with Gasteiger partial charge in [0.05, 0.1) is 15.5 Å². The summed E-state index contributed by atoms with van der Waals surface area (Å²) >= 11 is 5.70. The number of fused-ring (bicyclic) bond motifs is 1. The van der Waals surface area contributed by atoms with Gasteiger partial charge in [-0.25, -0.2) is 5.43 Å². The summed E-state index contributed by atoms with van der Waals surface area (Å²) in [4.78, 5) is 21.9. The number of nitro groups is 1. The number of halogens is 4. The van der Waals surface area contributed by atoms with Gasteiger partial charge in [-0.05, 0) is 25.3 Å². The number of hydrazine groups is 1. The highest BCUT2D eigenvalue weighted by atomic mass is 35.5. The lowest BCUT2D eigenvalue weighted by molar-refractivity contribution is -0.384. The maximum Gasteiger partial charge on any atom is 0.418 e. The predicted octanol–water partition coefficient (Wildman–Crippen LogP) is 2.18. The first-order valence-electron chi connectivity index (χ1n) is 8.20. The van der Waals surface area contributed by atoms with E-state index < -0.39 is 39.3 Å². The van der Waals surface area contributed by atoms with E-state index in [1.54, 1.807) is 0 Å². The third-order valence-electron chi connectivity index (χ3n) is 5.01. The first kappa shape index (κ1) is 19.6. The molecule has 0 aromatic heterocycles. The van der Waals surface area contributed by atoms with Crippen molar-refractivity contribution < 1.29 is 22.9 Å². The van der Waals surface area contributed by atoms with E-state index in [0.29, 0.717) is 25.3 Å². The molecular weight excluding hydrogens is 391 g/mol. The van der Waals surface area contributed by atoms with Crippen LogP contribution in [0, 0.1) is 16.0 Å². The monoisotopic (exact) mass is 407 g/mol. The van der Waals surface area contributed by atoms with E-state index in [1.165, 1.54) is 0 Å². The molecular formula is C15H17ClF3N5O3. The normalized spacial score (nSPS) is 27.9. The molecule has 1 saturated heterocycles. The fraction of sp³-hybridized carbons (Fsp3) is 0.533. The molecule has 1 aliphatic carbocycles. The molecule has 0 radical (unpaired) electrons. The average Bonchev–Trinajstić information content (AvgIpc) is 2.96. The number of hydrogen-bond donors (Lipinski definition) is 4. The highest BCUT2D eigenvalue weighted by molar-refractivity contribution is 6.31. The van der Waals surface area contributed by atoms with E-state index in [4.69, 9.17) is 17.3 Å². The number of rotatable bonds is 4. The van der Waals surface area contributed by atoms with Gasteiger partial charge in [0.1, 0.15) is 11.7 Å². The van der Waals surface area contributed by atoms with Gasteiger partial charge in [-0.2, -0.15) is 13.2 Å². The first-order chi connectivity index (χ1) is 12.6. The molecule has 148 valence electrons.